The van der Waals surface area contributed by atoms with Gasteiger partial charge in [0.05, 0.1) is 24.3 Å². The molecular formula is C29H35N7O3. The lowest BCUT2D eigenvalue weighted by Gasteiger charge is -2.35. The molecule has 39 heavy (non-hydrogen) atoms. The Balaban J connectivity index is 1.23. The first-order valence-electron chi connectivity index (χ1n) is 13.6. The van der Waals surface area contributed by atoms with Crippen LogP contribution in [0.1, 0.15) is 31.7 Å². The molecular weight excluding hydrogens is 494 g/mol. The normalized spacial score (nSPS) is 18.0. The maximum atomic E-state index is 12.8. The highest BCUT2D eigenvalue weighted by Gasteiger charge is 2.24. The van der Waals surface area contributed by atoms with E-state index < -0.39 is 0 Å². The van der Waals surface area contributed by atoms with Crippen LogP contribution in [0.5, 0.6) is 11.5 Å². The fourth-order valence-electron chi connectivity index (χ4n) is 5.29. The number of carbonyl (C=O) groups excluding carboxylic acids is 1. The fraction of sp³-hybridized carbons (Fsp3) is 0.448. The molecule has 0 saturated carbocycles. The molecule has 1 aromatic heterocycles. The van der Waals surface area contributed by atoms with Crippen molar-refractivity contribution in [3.05, 3.63) is 48.3 Å². The molecule has 2 aromatic carbocycles. The molecule has 2 aliphatic heterocycles. The van der Waals surface area contributed by atoms with E-state index in [1.807, 2.05) is 12.1 Å². The van der Waals surface area contributed by atoms with Gasteiger partial charge in [-0.25, -0.2) is 14.8 Å². The number of nitriles is 1. The molecule has 3 aromatic rings. The monoisotopic (exact) mass is 529 g/mol. The van der Waals surface area contributed by atoms with Gasteiger partial charge in [-0.2, -0.15) is 5.26 Å². The molecule has 204 valence electrons. The van der Waals surface area contributed by atoms with Gasteiger partial charge in [-0.15, -0.1) is 0 Å². The zero-order valence-corrected chi connectivity index (χ0v) is 22.6. The van der Waals surface area contributed by atoms with Gasteiger partial charge in [-0.05, 0) is 56.6 Å². The Labute approximate surface area is 229 Å². The molecule has 10 heteroatoms. The highest BCUT2D eigenvalue weighted by Crippen LogP contribution is 2.35. The molecule has 1 N–H and O–H groups in total. The first-order valence-corrected chi connectivity index (χ1v) is 13.6. The van der Waals surface area contributed by atoms with Crippen LogP contribution in [0.25, 0.3) is 10.9 Å². The van der Waals surface area contributed by atoms with Crippen LogP contribution in [-0.4, -0.2) is 84.8 Å². The van der Waals surface area contributed by atoms with Crippen molar-refractivity contribution in [3.63, 3.8) is 0 Å². The van der Waals surface area contributed by atoms with Gasteiger partial charge in [-0.3, -0.25) is 4.90 Å². The van der Waals surface area contributed by atoms with Crippen molar-refractivity contribution in [2.75, 3.05) is 63.2 Å². The molecule has 2 aliphatic rings. The van der Waals surface area contributed by atoms with Gasteiger partial charge in [0.2, 0.25) is 0 Å². The number of carbonyl (C=O) groups is 1. The van der Waals surface area contributed by atoms with Crippen LogP contribution in [-0.2, 0) is 0 Å². The molecule has 3 heterocycles. The van der Waals surface area contributed by atoms with Crippen LogP contribution < -0.4 is 19.7 Å². The third-order valence-electron chi connectivity index (χ3n) is 7.61. The second-order valence-corrected chi connectivity index (χ2v) is 10.0. The number of nitrogens with one attached hydrogen (secondary N) is 1. The topological polar surface area (TPSA) is 107 Å². The van der Waals surface area contributed by atoms with Crippen LogP contribution in [0.3, 0.4) is 0 Å². The number of aromatic nitrogens is 2. The predicted octanol–water partition coefficient (Wildman–Crippen LogP) is 4.12. The average Bonchev–Trinajstić information content (AvgIpc) is 2.98. The van der Waals surface area contributed by atoms with Crippen molar-refractivity contribution in [1.82, 2.24) is 19.8 Å². The fourth-order valence-corrected chi connectivity index (χ4v) is 5.29. The minimum Gasteiger partial charge on any atom is -0.493 e. The van der Waals surface area contributed by atoms with E-state index in [1.54, 1.807) is 42.6 Å². The SMILES string of the molecule is COc1cc2c(N3CCN(C(=O)Nc4ccc(C#N)cc4)CC3)ncnc2cc1OCCN1CCCC[C@@H]1C. The second kappa shape index (κ2) is 12.2. The number of rotatable bonds is 7. The Morgan fingerprint density at radius 3 is 2.59 bits per heavy atom. The minimum atomic E-state index is -0.158. The zero-order chi connectivity index (χ0) is 27.2. The number of methoxy groups -OCH3 is 1. The number of fused-ring (bicyclic) bond motifs is 1. The molecule has 0 spiro atoms. The van der Waals surface area contributed by atoms with E-state index in [1.165, 1.54) is 19.3 Å². The molecule has 0 bridgehead atoms. The molecule has 5 rings (SSSR count). The van der Waals surface area contributed by atoms with E-state index in [2.05, 4.69) is 38.1 Å². The maximum Gasteiger partial charge on any atom is 0.321 e. The lowest BCUT2D eigenvalue weighted by atomic mass is 10.0. The first kappa shape index (κ1) is 26.5. The van der Waals surface area contributed by atoms with E-state index in [-0.39, 0.29) is 6.03 Å². The number of benzene rings is 2. The number of piperidine rings is 1. The Hall–Kier alpha value is -4.10. The van der Waals surface area contributed by atoms with Crippen LogP contribution in [0.4, 0.5) is 16.3 Å². The summed E-state index contributed by atoms with van der Waals surface area (Å²) < 4.78 is 11.9. The van der Waals surface area contributed by atoms with Gasteiger partial charge in [0.15, 0.2) is 11.5 Å². The van der Waals surface area contributed by atoms with E-state index in [4.69, 9.17) is 14.7 Å². The number of urea groups is 1. The highest BCUT2D eigenvalue weighted by atomic mass is 16.5. The molecule has 0 aliphatic carbocycles. The van der Waals surface area contributed by atoms with Gasteiger partial charge in [0.25, 0.3) is 0 Å². The number of piperazine rings is 1. The average molecular weight is 530 g/mol. The summed E-state index contributed by atoms with van der Waals surface area (Å²) in [4.78, 5) is 28.3. The number of hydrogen-bond acceptors (Lipinski definition) is 8. The van der Waals surface area contributed by atoms with Crippen molar-refractivity contribution in [2.24, 2.45) is 0 Å². The number of nitrogens with zero attached hydrogens (tertiary/aromatic N) is 6. The first-order chi connectivity index (χ1) is 19.1. The summed E-state index contributed by atoms with van der Waals surface area (Å²) in [5, 5.41) is 12.8. The van der Waals surface area contributed by atoms with Crippen molar-refractivity contribution in [2.45, 2.75) is 32.2 Å². The van der Waals surface area contributed by atoms with Crippen LogP contribution in [0.2, 0.25) is 0 Å². The third-order valence-corrected chi connectivity index (χ3v) is 7.61. The van der Waals surface area contributed by atoms with E-state index in [0.29, 0.717) is 61.6 Å². The molecule has 0 unspecified atom stereocenters. The number of likely N-dealkylation sites (tertiary alicyclic amines) is 1. The zero-order valence-electron chi connectivity index (χ0n) is 22.6. The lowest BCUT2D eigenvalue weighted by Crippen LogP contribution is -2.50. The smallest absolute Gasteiger partial charge is 0.321 e. The summed E-state index contributed by atoms with van der Waals surface area (Å²) in [7, 11) is 1.65. The van der Waals surface area contributed by atoms with Crippen LogP contribution in [0, 0.1) is 11.3 Å². The summed E-state index contributed by atoms with van der Waals surface area (Å²) in [5.74, 6) is 2.16. The maximum absolute atomic E-state index is 12.8. The van der Waals surface area contributed by atoms with Crippen molar-refractivity contribution >= 4 is 28.4 Å². The highest BCUT2D eigenvalue weighted by molar-refractivity contribution is 5.92. The third kappa shape index (κ3) is 6.15. The largest absolute Gasteiger partial charge is 0.493 e. The molecule has 10 nitrogen and oxygen atoms in total. The summed E-state index contributed by atoms with van der Waals surface area (Å²) in [6.45, 7) is 7.29. The number of amides is 2. The quantitative estimate of drug-likeness (QED) is 0.487. The number of ether oxygens (including phenoxy) is 2. The van der Waals surface area contributed by atoms with Crippen LogP contribution >= 0.6 is 0 Å². The summed E-state index contributed by atoms with van der Waals surface area (Å²) in [5.41, 5.74) is 2.02. The van der Waals surface area contributed by atoms with Gasteiger partial charge in [0, 0.05) is 55.9 Å². The number of hydrogen-bond donors (Lipinski definition) is 1. The van der Waals surface area contributed by atoms with E-state index in [9.17, 15) is 4.79 Å². The van der Waals surface area contributed by atoms with Crippen molar-refractivity contribution in [3.8, 4) is 17.6 Å². The van der Waals surface area contributed by atoms with Gasteiger partial charge in [0.1, 0.15) is 18.8 Å². The Bertz CT molecular complexity index is 1330. The summed E-state index contributed by atoms with van der Waals surface area (Å²) in [6.07, 6.45) is 5.38. The lowest BCUT2D eigenvalue weighted by molar-refractivity contribution is 0.132. The standard InChI is InChI=1S/C29H35N7O3/c1-21-5-3-4-10-34(21)15-16-39-27-18-25-24(17-26(27)38-2)28(32-20-31-25)35-11-13-36(14-12-35)29(37)33-23-8-6-22(19-30)7-9-23/h6-9,17-18,20-21H,3-5,10-16H2,1-2H3,(H,33,37)/t21-/m0/s1. The van der Waals surface area contributed by atoms with Gasteiger partial charge in [-0.1, -0.05) is 6.42 Å². The molecule has 2 amide bonds. The Morgan fingerprint density at radius 2 is 1.87 bits per heavy atom. The van der Waals surface area contributed by atoms with Crippen molar-refractivity contribution < 1.29 is 14.3 Å². The van der Waals surface area contributed by atoms with E-state index in [0.717, 1.165) is 29.8 Å². The van der Waals surface area contributed by atoms with Gasteiger partial charge >= 0.3 is 6.03 Å². The number of anilines is 2. The predicted molar refractivity (Wildman–Crippen MR) is 150 cm³/mol. The summed E-state index contributed by atoms with van der Waals surface area (Å²) >= 11 is 0. The van der Waals surface area contributed by atoms with Crippen molar-refractivity contribution in [1.29, 1.82) is 5.26 Å². The Morgan fingerprint density at radius 1 is 1.08 bits per heavy atom. The molecule has 2 fully saturated rings. The second-order valence-electron chi connectivity index (χ2n) is 10.0. The van der Waals surface area contributed by atoms with Crippen LogP contribution in [0.15, 0.2) is 42.7 Å². The Kier molecular flexibility index (Phi) is 8.27. The summed E-state index contributed by atoms with van der Waals surface area (Å²) in [6, 6.07) is 13.2. The van der Waals surface area contributed by atoms with Gasteiger partial charge < -0.3 is 24.6 Å². The molecule has 1 atom stereocenters. The molecule has 2 saturated heterocycles. The van der Waals surface area contributed by atoms with E-state index >= 15 is 0 Å². The minimum absolute atomic E-state index is 0.158. The molecule has 0 radical (unpaired) electrons.